The molecule has 0 aliphatic heterocycles. The molecule has 3 N–H and O–H groups in total. The third-order valence-electron chi connectivity index (χ3n) is 2.74. The van der Waals surface area contributed by atoms with Crippen molar-refractivity contribution in [3.63, 3.8) is 0 Å². The number of para-hydroxylation sites is 2. The second-order valence-corrected chi connectivity index (χ2v) is 4.64. The molecule has 0 aromatic heterocycles. The first-order chi connectivity index (χ1) is 9.83. The smallest absolute Gasteiger partial charge is 0.422 e. The zero-order valence-electron chi connectivity index (χ0n) is 11.7. The van der Waals surface area contributed by atoms with E-state index in [1.54, 1.807) is 6.07 Å². The lowest BCUT2D eigenvalue weighted by atomic mass is 10.1. The van der Waals surface area contributed by atoms with E-state index in [0.717, 1.165) is 12.8 Å². The predicted molar refractivity (Wildman–Crippen MR) is 74.1 cm³/mol. The van der Waals surface area contributed by atoms with Crippen LogP contribution in [0.15, 0.2) is 24.3 Å². The van der Waals surface area contributed by atoms with Gasteiger partial charge in [-0.3, -0.25) is 4.79 Å². The number of carbonyl (C=O) groups excluding carboxylic acids is 1. The summed E-state index contributed by atoms with van der Waals surface area (Å²) in [5.41, 5.74) is 5.89. The molecule has 0 radical (unpaired) electrons. The quantitative estimate of drug-likeness (QED) is 0.813. The van der Waals surface area contributed by atoms with Crippen molar-refractivity contribution in [1.29, 1.82) is 0 Å². The molecule has 1 rings (SSSR count). The molecular formula is C14H19F3N2O2. The van der Waals surface area contributed by atoms with E-state index in [1.165, 1.54) is 18.2 Å². The molecule has 0 aliphatic carbocycles. The van der Waals surface area contributed by atoms with Crippen molar-refractivity contribution in [3.8, 4) is 5.75 Å². The highest BCUT2D eigenvalue weighted by atomic mass is 19.4. The van der Waals surface area contributed by atoms with E-state index in [2.05, 4.69) is 10.1 Å². The van der Waals surface area contributed by atoms with Gasteiger partial charge in [0.2, 0.25) is 5.91 Å². The summed E-state index contributed by atoms with van der Waals surface area (Å²) in [4.78, 5) is 11.9. The molecule has 0 saturated carbocycles. The highest BCUT2D eigenvalue weighted by Gasteiger charge is 2.29. The Labute approximate surface area is 121 Å². The molecule has 0 bridgehead atoms. The summed E-state index contributed by atoms with van der Waals surface area (Å²) in [6.45, 7) is 0.562. The van der Waals surface area contributed by atoms with Crippen molar-refractivity contribution < 1.29 is 22.7 Å². The fraction of sp³-hybridized carbons (Fsp3) is 0.500. The summed E-state index contributed by atoms with van der Waals surface area (Å²) in [6, 6.07) is 5.25. The monoisotopic (exact) mass is 304 g/mol. The van der Waals surface area contributed by atoms with Crippen LogP contribution in [-0.2, 0) is 4.79 Å². The molecule has 118 valence electrons. The second-order valence-electron chi connectivity index (χ2n) is 4.64. The maximum Gasteiger partial charge on any atom is 0.422 e. The Bertz CT molecular complexity index is 464. The number of anilines is 1. The molecule has 1 atom stereocenters. The fourth-order valence-corrected chi connectivity index (χ4v) is 1.64. The minimum Gasteiger partial charge on any atom is -0.482 e. The van der Waals surface area contributed by atoms with E-state index in [1.807, 2.05) is 6.92 Å². The lowest BCUT2D eigenvalue weighted by molar-refractivity contribution is -0.153. The second kappa shape index (κ2) is 7.87. The fourth-order valence-electron chi connectivity index (χ4n) is 1.64. The third-order valence-corrected chi connectivity index (χ3v) is 2.74. The summed E-state index contributed by atoms with van der Waals surface area (Å²) >= 11 is 0. The zero-order chi connectivity index (χ0) is 15.9. The van der Waals surface area contributed by atoms with Crippen molar-refractivity contribution in [2.24, 2.45) is 5.73 Å². The summed E-state index contributed by atoms with van der Waals surface area (Å²) in [5, 5.41) is 2.50. The normalized spacial score (nSPS) is 12.8. The lowest BCUT2D eigenvalue weighted by Crippen LogP contribution is -2.35. The van der Waals surface area contributed by atoms with Gasteiger partial charge < -0.3 is 15.8 Å². The Hall–Kier alpha value is -1.76. The Balaban J connectivity index is 2.68. The molecule has 1 amide bonds. The molecule has 1 aromatic rings. The van der Waals surface area contributed by atoms with Gasteiger partial charge in [0.05, 0.1) is 11.7 Å². The number of ether oxygens (including phenoxy) is 1. The Morgan fingerprint density at radius 3 is 2.67 bits per heavy atom. The van der Waals surface area contributed by atoms with Crippen LogP contribution in [0.25, 0.3) is 0 Å². The van der Waals surface area contributed by atoms with Crippen LogP contribution in [0.1, 0.15) is 26.2 Å². The summed E-state index contributed by atoms with van der Waals surface area (Å²) < 4.78 is 41.2. The van der Waals surface area contributed by atoms with Crippen LogP contribution in [-0.4, -0.2) is 24.7 Å². The van der Waals surface area contributed by atoms with Crippen molar-refractivity contribution in [2.75, 3.05) is 11.9 Å². The van der Waals surface area contributed by atoms with E-state index in [0.29, 0.717) is 6.42 Å². The highest BCUT2D eigenvalue weighted by molar-refractivity contribution is 5.95. The van der Waals surface area contributed by atoms with E-state index in [-0.39, 0.29) is 11.4 Å². The number of rotatable bonds is 7. The maximum absolute atomic E-state index is 12.2. The molecule has 7 heteroatoms. The van der Waals surface area contributed by atoms with E-state index in [4.69, 9.17) is 5.73 Å². The Kier molecular flexibility index (Phi) is 6.48. The minimum absolute atomic E-state index is 0.0362. The van der Waals surface area contributed by atoms with Gasteiger partial charge in [-0.25, -0.2) is 0 Å². The molecule has 0 spiro atoms. The predicted octanol–water partition coefficient (Wildman–Crippen LogP) is 3.08. The molecule has 4 nitrogen and oxygen atoms in total. The van der Waals surface area contributed by atoms with Crippen molar-refractivity contribution in [1.82, 2.24) is 0 Å². The minimum atomic E-state index is -4.44. The van der Waals surface area contributed by atoms with Gasteiger partial charge in [-0.2, -0.15) is 13.2 Å². The van der Waals surface area contributed by atoms with Gasteiger partial charge in [0.25, 0.3) is 0 Å². The average Bonchev–Trinajstić information content (AvgIpc) is 2.42. The number of hydrogen-bond donors (Lipinski definition) is 2. The number of hydrogen-bond acceptors (Lipinski definition) is 3. The van der Waals surface area contributed by atoms with Gasteiger partial charge in [0, 0.05) is 0 Å². The van der Waals surface area contributed by atoms with Crippen LogP contribution in [0.4, 0.5) is 18.9 Å². The van der Waals surface area contributed by atoms with Crippen LogP contribution in [0.2, 0.25) is 0 Å². The highest BCUT2D eigenvalue weighted by Crippen LogP contribution is 2.26. The number of nitrogens with two attached hydrogens (primary N) is 1. The van der Waals surface area contributed by atoms with E-state index >= 15 is 0 Å². The average molecular weight is 304 g/mol. The van der Waals surface area contributed by atoms with E-state index < -0.39 is 24.7 Å². The van der Waals surface area contributed by atoms with Gasteiger partial charge in [-0.15, -0.1) is 0 Å². The number of amides is 1. The number of carbonyl (C=O) groups is 1. The standard InChI is InChI=1S/C14H19F3N2O2/c1-2-3-6-10(18)13(20)19-11-7-4-5-8-12(11)21-9-14(15,16)17/h4-5,7-8,10H,2-3,6,9,18H2,1H3,(H,19,20). The Morgan fingerprint density at radius 1 is 1.38 bits per heavy atom. The molecule has 0 aliphatic rings. The number of alkyl halides is 3. The van der Waals surface area contributed by atoms with Crippen molar-refractivity contribution >= 4 is 11.6 Å². The summed E-state index contributed by atoms with van der Waals surface area (Å²) in [5.74, 6) is -0.475. The van der Waals surface area contributed by atoms with Crippen LogP contribution >= 0.6 is 0 Å². The number of nitrogens with one attached hydrogen (secondary N) is 1. The summed E-state index contributed by atoms with van der Waals surface area (Å²) in [6.07, 6.45) is -2.20. The van der Waals surface area contributed by atoms with Gasteiger partial charge in [-0.05, 0) is 18.6 Å². The van der Waals surface area contributed by atoms with Crippen LogP contribution in [0.5, 0.6) is 5.75 Å². The number of unbranched alkanes of at least 4 members (excludes halogenated alkanes) is 1. The van der Waals surface area contributed by atoms with E-state index in [9.17, 15) is 18.0 Å². The lowest BCUT2D eigenvalue weighted by Gasteiger charge is -2.16. The molecule has 21 heavy (non-hydrogen) atoms. The SMILES string of the molecule is CCCCC(N)C(=O)Nc1ccccc1OCC(F)(F)F. The van der Waals surface area contributed by atoms with Crippen molar-refractivity contribution in [2.45, 2.75) is 38.4 Å². The Morgan fingerprint density at radius 2 is 2.05 bits per heavy atom. The number of halogens is 3. The van der Waals surface area contributed by atoms with Crippen LogP contribution < -0.4 is 15.8 Å². The third kappa shape index (κ3) is 6.48. The van der Waals surface area contributed by atoms with Gasteiger partial charge in [0.1, 0.15) is 5.75 Å². The first-order valence-corrected chi connectivity index (χ1v) is 6.68. The first-order valence-electron chi connectivity index (χ1n) is 6.68. The summed E-state index contributed by atoms with van der Waals surface area (Å²) in [7, 11) is 0. The van der Waals surface area contributed by atoms with Crippen molar-refractivity contribution in [3.05, 3.63) is 24.3 Å². The van der Waals surface area contributed by atoms with Crippen LogP contribution in [0, 0.1) is 0 Å². The first kappa shape index (κ1) is 17.3. The number of benzene rings is 1. The zero-order valence-corrected chi connectivity index (χ0v) is 11.7. The maximum atomic E-state index is 12.2. The topological polar surface area (TPSA) is 64.4 Å². The molecule has 1 aromatic carbocycles. The molecule has 1 unspecified atom stereocenters. The molecule has 0 fully saturated rings. The van der Waals surface area contributed by atoms with Crippen LogP contribution in [0.3, 0.4) is 0 Å². The molecule has 0 saturated heterocycles. The molecular weight excluding hydrogens is 285 g/mol. The van der Waals surface area contributed by atoms with Gasteiger partial charge in [0.15, 0.2) is 6.61 Å². The molecule has 0 heterocycles. The largest absolute Gasteiger partial charge is 0.482 e. The van der Waals surface area contributed by atoms with Gasteiger partial charge >= 0.3 is 6.18 Å². The van der Waals surface area contributed by atoms with Gasteiger partial charge in [-0.1, -0.05) is 31.9 Å².